The van der Waals surface area contributed by atoms with Crippen LogP contribution in [0.25, 0.3) is 10.9 Å². The molecule has 1 fully saturated rings. The van der Waals surface area contributed by atoms with Gasteiger partial charge in [0.2, 0.25) is 5.89 Å². The maximum atomic E-state index is 6.38. The number of pyridine rings is 1. The molecule has 23 heavy (non-hydrogen) atoms. The van der Waals surface area contributed by atoms with Crippen molar-refractivity contribution >= 4 is 23.3 Å². The van der Waals surface area contributed by atoms with E-state index in [4.69, 9.17) is 10.3 Å². The Morgan fingerprint density at radius 2 is 1.91 bits per heavy atom. The van der Waals surface area contributed by atoms with Crippen molar-refractivity contribution in [3.8, 4) is 0 Å². The number of benzene rings is 1. The Balaban J connectivity index is 0.00000156. The second-order valence-corrected chi connectivity index (χ2v) is 6.04. The summed E-state index contributed by atoms with van der Waals surface area (Å²) in [5.41, 5.74) is 8.04. The molecule has 2 heterocycles. The van der Waals surface area contributed by atoms with Crippen LogP contribution in [0.3, 0.4) is 0 Å². The van der Waals surface area contributed by atoms with E-state index in [2.05, 4.69) is 27.3 Å². The Morgan fingerprint density at radius 3 is 2.74 bits per heavy atom. The molecule has 3 aromatic rings. The first kappa shape index (κ1) is 15.9. The highest BCUT2D eigenvalue weighted by Gasteiger charge is 2.35. The summed E-state index contributed by atoms with van der Waals surface area (Å²) in [7, 11) is 0. The highest BCUT2D eigenvalue weighted by atomic mass is 35.5. The minimum atomic E-state index is -0.404. The van der Waals surface area contributed by atoms with E-state index in [1.807, 2.05) is 18.2 Å². The van der Waals surface area contributed by atoms with Gasteiger partial charge in [0.25, 0.3) is 0 Å². The molecule has 120 valence electrons. The van der Waals surface area contributed by atoms with Gasteiger partial charge in [-0.05, 0) is 24.5 Å². The molecule has 0 atom stereocenters. The number of hydrogen-bond acceptors (Lipinski definition) is 5. The summed E-state index contributed by atoms with van der Waals surface area (Å²) < 4.78 is 5.43. The van der Waals surface area contributed by atoms with Crippen LogP contribution in [0.4, 0.5) is 0 Å². The molecular formula is C17H19ClN4O. The largest absolute Gasteiger partial charge is 0.339 e. The minimum Gasteiger partial charge on any atom is -0.339 e. The normalized spacial score (nSPS) is 16.4. The van der Waals surface area contributed by atoms with E-state index in [-0.39, 0.29) is 12.4 Å². The van der Waals surface area contributed by atoms with Gasteiger partial charge >= 0.3 is 0 Å². The number of rotatable bonds is 3. The van der Waals surface area contributed by atoms with Gasteiger partial charge in [-0.1, -0.05) is 42.3 Å². The predicted molar refractivity (Wildman–Crippen MR) is 90.4 cm³/mol. The topological polar surface area (TPSA) is 77.8 Å². The van der Waals surface area contributed by atoms with Gasteiger partial charge in [-0.25, -0.2) is 0 Å². The first-order chi connectivity index (χ1) is 10.7. The van der Waals surface area contributed by atoms with E-state index < -0.39 is 5.54 Å². The number of nitrogens with zero attached hydrogens (tertiary/aromatic N) is 3. The molecule has 4 rings (SSSR count). The molecule has 6 heteroatoms. The molecule has 0 bridgehead atoms. The second kappa shape index (κ2) is 6.26. The van der Waals surface area contributed by atoms with E-state index in [0.717, 1.165) is 42.1 Å². The molecule has 5 nitrogen and oxygen atoms in total. The van der Waals surface area contributed by atoms with Crippen molar-refractivity contribution in [2.24, 2.45) is 5.73 Å². The molecule has 0 radical (unpaired) electrons. The summed E-state index contributed by atoms with van der Waals surface area (Å²) >= 11 is 0. The van der Waals surface area contributed by atoms with Crippen molar-refractivity contribution in [1.29, 1.82) is 0 Å². The first-order valence-electron chi connectivity index (χ1n) is 7.69. The van der Waals surface area contributed by atoms with Gasteiger partial charge in [0.05, 0.1) is 17.5 Å². The molecular weight excluding hydrogens is 312 g/mol. The molecule has 1 aliphatic rings. The molecule has 2 N–H and O–H groups in total. The summed E-state index contributed by atoms with van der Waals surface area (Å²) in [6, 6.07) is 10.1. The third-order valence-corrected chi connectivity index (χ3v) is 4.47. The van der Waals surface area contributed by atoms with E-state index in [1.54, 1.807) is 6.20 Å². The zero-order valence-corrected chi connectivity index (χ0v) is 13.6. The lowest BCUT2D eigenvalue weighted by atomic mass is 9.98. The SMILES string of the molecule is Cl.NC1(c2noc(Cc3cccc4cccnc34)n2)CCCC1. The first-order valence-corrected chi connectivity index (χ1v) is 7.69. The van der Waals surface area contributed by atoms with Crippen LogP contribution in [0, 0.1) is 0 Å². The van der Waals surface area contributed by atoms with Gasteiger partial charge in [0.1, 0.15) is 0 Å². The van der Waals surface area contributed by atoms with Gasteiger partial charge in [0.15, 0.2) is 5.82 Å². The maximum Gasteiger partial charge on any atom is 0.231 e. The van der Waals surface area contributed by atoms with Crippen LogP contribution < -0.4 is 5.73 Å². The second-order valence-electron chi connectivity index (χ2n) is 6.04. The van der Waals surface area contributed by atoms with Crippen LogP contribution in [-0.4, -0.2) is 15.1 Å². The summed E-state index contributed by atoms with van der Waals surface area (Å²) in [5, 5.41) is 5.23. The van der Waals surface area contributed by atoms with Crippen LogP contribution in [0.5, 0.6) is 0 Å². The summed E-state index contributed by atoms with van der Waals surface area (Å²) in [5.74, 6) is 1.25. The van der Waals surface area contributed by atoms with Crippen LogP contribution in [0.1, 0.15) is 43.0 Å². The van der Waals surface area contributed by atoms with E-state index in [9.17, 15) is 0 Å². The Kier molecular flexibility index (Phi) is 4.33. The van der Waals surface area contributed by atoms with Crippen molar-refractivity contribution in [2.75, 3.05) is 0 Å². The number of aromatic nitrogens is 3. The molecule has 0 unspecified atom stereocenters. The van der Waals surface area contributed by atoms with Crippen molar-refractivity contribution in [3.63, 3.8) is 0 Å². The third-order valence-electron chi connectivity index (χ3n) is 4.47. The van der Waals surface area contributed by atoms with Crippen LogP contribution in [0.15, 0.2) is 41.1 Å². The fourth-order valence-electron chi connectivity index (χ4n) is 3.23. The van der Waals surface area contributed by atoms with Gasteiger partial charge in [-0.2, -0.15) is 4.98 Å². The molecule has 1 saturated carbocycles. The van der Waals surface area contributed by atoms with Crippen molar-refractivity contribution < 1.29 is 4.52 Å². The zero-order chi connectivity index (χ0) is 15.0. The number of para-hydroxylation sites is 1. The number of halogens is 1. The van der Waals surface area contributed by atoms with Crippen LogP contribution in [-0.2, 0) is 12.0 Å². The van der Waals surface area contributed by atoms with Gasteiger partial charge < -0.3 is 10.3 Å². The molecule has 2 aromatic heterocycles. The van der Waals surface area contributed by atoms with E-state index in [1.165, 1.54) is 0 Å². The molecule has 0 saturated heterocycles. The van der Waals surface area contributed by atoms with Gasteiger partial charge in [0, 0.05) is 11.6 Å². The Labute approximate surface area is 140 Å². The molecule has 0 amide bonds. The summed E-state index contributed by atoms with van der Waals surface area (Å²) in [6.45, 7) is 0. The van der Waals surface area contributed by atoms with Crippen molar-refractivity contribution in [3.05, 3.63) is 53.8 Å². The number of fused-ring (bicyclic) bond motifs is 1. The number of hydrogen-bond donors (Lipinski definition) is 1. The third kappa shape index (κ3) is 2.94. The molecule has 0 aliphatic heterocycles. The zero-order valence-electron chi connectivity index (χ0n) is 12.7. The molecule has 0 spiro atoms. The Hall–Kier alpha value is -1.98. The lowest BCUT2D eigenvalue weighted by molar-refractivity contribution is 0.352. The maximum absolute atomic E-state index is 6.38. The highest BCUT2D eigenvalue weighted by molar-refractivity contribution is 5.85. The monoisotopic (exact) mass is 330 g/mol. The van der Waals surface area contributed by atoms with E-state index >= 15 is 0 Å². The summed E-state index contributed by atoms with van der Waals surface area (Å²) in [4.78, 5) is 9.00. The fourth-order valence-corrected chi connectivity index (χ4v) is 3.23. The predicted octanol–water partition coefficient (Wildman–Crippen LogP) is 3.36. The fraction of sp³-hybridized carbons (Fsp3) is 0.353. The molecule has 1 aliphatic carbocycles. The Bertz CT molecular complexity index is 806. The molecule has 1 aromatic carbocycles. The lowest BCUT2D eigenvalue weighted by Crippen LogP contribution is -2.34. The minimum absolute atomic E-state index is 0. The standard InChI is InChI=1S/C17H18N4O.ClH/c18-17(8-1-2-9-17)16-20-14(22-21-16)11-13-6-3-5-12-7-4-10-19-15(12)13;/h3-7,10H,1-2,8-9,11,18H2;1H. The van der Waals surface area contributed by atoms with E-state index in [0.29, 0.717) is 18.1 Å². The van der Waals surface area contributed by atoms with Gasteiger partial charge in [-0.3, -0.25) is 4.98 Å². The average Bonchev–Trinajstić information content (AvgIpc) is 3.18. The lowest BCUT2D eigenvalue weighted by Gasteiger charge is -2.17. The van der Waals surface area contributed by atoms with Crippen molar-refractivity contribution in [1.82, 2.24) is 15.1 Å². The van der Waals surface area contributed by atoms with Crippen molar-refractivity contribution in [2.45, 2.75) is 37.6 Å². The Morgan fingerprint density at radius 1 is 1.13 bits per heavy atom. The van der Waals surface area contributed by atoms with Gasteiger partial charge in [-0.15, -0.1) is 12.4 Å². The number of nitrogens with two attached hydrogens (primary N) is 1. The smallest absolute Gasteiger partial charge is 0.231 e. The highest BCUT2D eigenvalue weighted by Crippen LogP contribution is 2.34. The van der Waals surface area contributed by atoms with Crippen LogP contribution >= 0.6 is 12.4 Å². The van der Waals surface area contributed by atoms with Crippen LogP contribution in [0.2, 0.25) is 0 Å². The average molecular weight is 331 g/mol. The quantitative estimate of drug-likeness (QED) is 0.796. The summed E-state index contributed by atoms with van der Waals surface area (Å²) in [6.07, 6.45) is 6.51.